The third-order valence-electron chi connectivity index (χ3n) is 2.64. The molecule has 1 fully saturated rings. The molecule has 88 valence electrons. The predicted molar refractivity (Wildman–Crippen MR) is 63.2 cm³/mol. The highest BCUT2D eigenvalue weighted by molar-refractivity contribution is 5.47. The van der Waals surface area contributed by atoms with Gasteiger partial charge in [-0.3, -0.25) is 0 Å². The second-order valence-corrected chi connectivity index (χ2v) is 3.90. The van der Waals surface area contributed by atoms with E-state index in [1.54, 1.807) is 0 Å². The minimum Gasteiger partial charge on any atom is -0.384 e. The Morgan fingerprint density at radius 3 is 2.81 bits per heavy atom. The molecular formula is C11H18N4O. The number of hydrogen-bond acceptors (Lipinski definition) is 5. The number of rotatable bonds is 4. The van der Waals surface area contributed by atoms with Crippen molar-refractivity contribution in [3.8, 4) is 0 Å². The van der Waals surface area contributed by atoms with Crippen LogP contribution >= 0.6 is 0 Å². The summed E-state index contributed by atoms with van der Waals surface area (Å²) in [6, 6.07) is 1.83. The maximum Gasteiger partial charge on any atom is 0.158 e. The third kappa shape index (κ3) is 2.61. The topological polar surface area (TPSA) is 64.3 Å². The summed E-state index contributed by atoms with van der Waals surface area (Å²) in [4.78, 5) is 10.9. The monoisotopic (exact) mass is 222 g/mol. The zero-order valence-corrected chi connectivity index (χ0v) is 9.65. The minimum absolute atomic E-state index is 0.433. The summed E-state index contributed by atoms with van der Waals surface area (Å²) in [7, 11) is 0. The summed E-state index contributed by atoms with van der Waals surface area (Å²) < 4.78 is 5.29. The number of aromatic nitrogens is 2. The molecule has 1 saturated heterocycles. The first kappa shape index (κ1) is 11.1. The highest BCUT2D eigenvalue weighted by Crippen LogP contribution is 2.19. The van der Waals surface area contributed by atoms with Gasteiger partial charge in [0.1, 0.15) is 18.2 Å². The SMILES string of the molecule is CCOCc1nc(N)cc(N2CCCC2)n1. The molecule has 0 aliphatic carbocycles. The van der Waals surface area contributed by atoms with Crippen LogP contribution in [0.25, 0.3) is 0 Å². The smallest absolute Gasteiger partial charge is 0.158 e. The van der Waals surface area contributed by atoms with Crippen molar-refractivity contribution in [3.63, 3.8) is 0 Å². The second kappa shape index (κ2) is 5.12. The molecule has 1 aliphatic heterocycles. The van der Waals surface area contributed by atoms with Gasteiger partial charge >= 0.3 is 0 Å². The van der Waals surface area contributed by atoms with Gasteiger partial charge in [-0.05, 0) is 19.8 Å². The Hall–Kier alpha value is -1.36. The van der Waals surface area contributed by atoms with Crippen LogP contribution in [-0.4, -0.2) is 29.7 Å². The Bertz CT molecular complexity index is 350. The lowest BCUT2D eigenvalue weighted by Gasteiger charge is -2.17. The molecule has 1 aromatic heterocycles. The van der Waals surface area contributed by atoms with Crippen LogP contribution in [0, 0.1) is 0 Å². The van der Waals surface area contributed by atoms with Gasteiger partial charge in [-0.1, -0.05) is 0 Å². The van der Waals surface area contributed by atoms with Gasteiger partial charge in [0.25, 0.3) is 0 Å². The molecule has 2 rings (SSSR count). The highest BCUT2D eigenvalue weighted by atomic mass is 16.5. The molecule has 5 heteroatoms. The van der Waals surface area contributed by atoms with Crippen LogP contribution in [0.3, 0.4) is 0 Å². The molecule has 16 heavy (non-hydrogen) atoms. The Balaban J connectivity index is 2.14. The van der Waals surface area contributed by atoms with E-state index in [4.69, 9.17) is 10.5 Å². The van der Waals surface area contributed by atoms with Gasteiger partial charge in [0.15, 0.2) is 5.82 Å². The summed E-state index contributed by atoms with van der Waals surface area (Å²) in [5.74, 6) is 2.12. The van der Waals surface area contributed by atoms with Gasteiger partial charge in [-0.25, -0.2) is 9.97 Å². The van der Waals surface area contributed by atoms with Gasteiger partial charge in [0, 0.05) is 25.8 Å². The highest BCUT2D eigenvalue weighted by Gasteiger charge is 2.15. The fourth-order valence-corrected chi connectivity index (χ4v) is 1.87. The average Bonchev–Trinajstić information content (AvgIpc) is 2.79. The third-order valence-corrected chi connectivity index (χ3v) is 2.64. The fraction of sp³-hybridized carbons (Fsp3) is 0.636. The van der Waals surface area contributed by atoms with Crippen LogP contribution in [0.4, 0.5) is 11.6 Å². The molecule has 0 radical (unpaired) electrons. The number of nitrogens with zero attached hydrogens (tertiary/aromatic N) is 3. The first-order valence-corrected chi connectivity index (χ1v) is 5.75. The average molecular weight is 222 g/mol. The lowest BCUT2D eigenvalue weighted by atomic mass is 10.4. The minimum atomic E-state index is 0.433. The lowest BCUT2D eigenvalue weighted by molar-refractivity contribution is 0.128. The summed E-state index contributed by atoms with van der Waals surface area (Å²) >= 11 is 0. The molecule has 0 atom stereocenters. The van der Waals surface area contributed by atoms with Gasteiger partial charge in [-0.2, -0.15) is 0 Å². The Labute approximate surface area is 95.6 Å². The molecule has 0 saturated carbocycles. The standard InChI is InChI=1S/C11H18N4O/c1-2-16-8-10-13-9(12)7-11(14-10)15-5-3-4-6-15/h7H,2-6,8H2,1H3,(H2,12,13,14). The van der Waals surface area contributed by atoms with Crippen LogP contribution in [0.5, 0.6) is 0 Å². The van der Waals surface area contributed by atoms with E-state index in [9.17, 15) is 0 Å². The van der Waals surface area contributed by atoms with Gasteiger partial charge in [0.05, 0.1) is 0 Å². The van der Waals surface area contributed by atoms with Crippen molar-refractivity contribution in [2.24, 2.45) is 0 Å². The largest absolute Gasteiger partial charge is 0.384 e. The van der Waals surface area contributed by atoms with E-state index in [0.717, 1.165) is 18.9 Å². The zero-order valence-electron chi connectivity index (χ0n) is 9.65. The van der Waals surface area contributed by atoms with Gasteiger partial charge < -0.3 is 15.4 Å². The first-order chi connectivity index (χ1) is 7.79. The molecular weight excluding hydrogens is 204 g/mol. The summed E-state index contributed by atoms with van der Waals surface area (Å²) in [5.41, 5.74) is 5.77. The van der Waals surface area contributed by atoms with Gasteiger partial charge in [-0.15, -0.1) is 0 Å². The van der Waals surface area contributed by atoms with E-state index in [2.05, 4.69) is 14.9 Å². The van der Waals surface area contributed by atoms with Crippen molar-refractivity contribution >= 4 is 11.6 Å². The van der Waals surface area contributed by atoms with Crippen LogP contribution in [0.15, 0.2) is 6.07 Å². The van der Waals surface area contributed by atoms with Crippen molar-refractivity contribution in [2.45, 2.75) is 26.4 Å². The van der Waals surface area contributed by atoms with Crippen molar-refractivity contribution in [3.05, 3.63) is 11.9 Å². The maximum atomic E-state index is 5.77. The molecule has 0 spiro atoms. The maximum absolute atomic E-state index is 5.77. The molecule has 5 nitrogen and oxygen atoms in total. The number of nitrogens with two attached hydrogens (primary N) is 1. The van der Waals surface area contributed by atoms with E-state index in [1.807, 2.05) is 13.0 Å². The van der Waals surface area contributed by atoms with Crippen LogP contribution < -0.4 is 10.6 Å². The predicted octanol–water partition coefficient (Wildman–Crippen LogP) is 1.20. The van der Waals surface area contributed by atoms with Crippen LogP contribution in [-0.2, 0) is 11.3 Å². The first-order valence-electron chi connectivity index (χ1n) is 5.75. The number of anilines is 2. The molecule has 1 aliphatic rings. The lowest BCUT2D eigenvalue weighted by Crippen LogP contribution is -2.20. The molecule has 1 aromatic rings. The molecule has 2 N–H and O–H groups in total. The van der Waals surface area contributed by atoms with Crippen molar-refractivity contribution in [1.29, 1.82) is 0 Å². The Morgan fingerprint density at radius 2 is 2.12 bits per heavy atom. The van der Waals surface area contributed by atoms with Gasteiger partial charge in [0.2, 0.25) is 0 Å². The van der Waals surface area contributed by atoms with Crippen LogP contribution in [0.1, 0.15) is 25.6 Å². The number of ether oxygens (including phenoxy) is 1. The Kier molecular flexibility index (Phi) is 3.56. The molecule has 0 amide bonds. The Morgan fingerprint density at radius 1 is 1.38 bits per heavy atom. The summed E-state index contributed by atoms with van der Waals surface area (Å²) in [5, 5.41) is 0. The van der Waals surface area contributed by atoms with Crippen molar-refractivity contribution in [1.82, 2.24) is 9.97 Å². The zero-order chi connectivity index (χ0) is 11.4. The quantitative estimate of drug-likeness (QED) is 0.829. The molecule has 2 heterocycles. The normalized spacial score (nSPS) is 15.7. The molecule has 0 bridgehead atoms. The number of hydrogen-bond donors (Lipinski definition) is 1. The molecule has 0 unspecified atom stereocenters. The second-order valence-electron chi connectivity index (χ2n) is 3.90. The van der Waals surface area contributed by atoms with E-state index < -0.39 is 0 Å². The summed E-state index contributed by atoms with van der Waals surface area (Å²) in [6.07, 6.45) is 2.45. The number of nitrogen functional groups attached to an aromatic ring is 1. The van der Waals surface area contributed by atoms with Crippen LogP contribution in [0.2, 0.25) is 0 Å². The fourth-order valence-electron chi connectivity index (χ4n) is 1.87. The van der Waals surface area contributed by atoms with E-state index in [1.165, 1.54) is 12.8 Å². The van der Waals surface area contributed by atoms with E-state index >= 15 is 0 Å². The van der Waals surface area contributed by atoms with E-state index in [0.29, 0.717) is 24.9 Å². The van der Waals surface area contributed by atoms with E-state index in [-0.39, 0.29) is 0 Å². The van der Waals surface area contributed by atoms with Crippen molar-refractivity contribution < 1.29 is 4.74 Å². The molecule has 0 aromatic carbocycles. The summed E-state index contributed by atoms with van der Waals surface area (Å²) in [6.45, 7) is 5.17. The van der Waals surface area contributed by atoms with Crippen molar-refractivity contribution in [2.75, 3.05) is 30.3 Å².